The highest BCUT2D eigenvalue weighted by molar-refractivity contribution is 5.84. The summed E-state index contributed by atoms with van der Waals surface area (Å²) in [6, 6.07) is 11.4. The van der Waals surface area contributed by atoms with Crippen molar-refractivity contribution in [2.75, 3.05) is 5.32 Å². The van der Waals surface area contributed by atoms with Crippen LogP contribution >= 0.6 is 0 Å². The SMILES string of the molecule is CCCCc1ccc(NCc2ccc(C(=O)O)o2)cc1. The first-order valence-electron chi connectivity index (χ1n) is 6.84. The molecule has 0 aliphatic carbocycles. The van der Waals surface area contributed by atoms with E-state index in [4.69, 9.17) is 9.52 Å². The zero-order chi connectivity index (χ0) is 14.4. The fourth-order valence-electron chi connectivity index (χ4n) is 1.95. The second-order valence-corrected chi connectivity index (χ2v) is 4.73. The molecule has 2 N–H and O–H groups in total. The molecule has 1 aromatic carbocycles. The van der Waals surface area contributed by atoms with Crippen LogP contribution in [-0.2, 0) is 13.0 Å². The number of benzene rings is 1. The summed E-state index contributed by atoms with van der Waals surface area (Å²) in [5.41, 5.74) is 2.34. The van der Waals surface area contributed by atoms with E-state index < -0.39 is 5.97 Å². The summed E-state index contributed by atoms with van der Waals surface area (Å²) in [6.45, 7) is 2.66. The quantitative estimate of drug-likeness (QED) is 0.802. The van der Waals surface area contributed by atoms with E-state index in [1.54, 1.807) is 6.07 Å². The molecule has 1 heterocycles. The maximum atomic E-state index is 10.7. The lowest BCUT2D eigenvalue weighted by Gasteiger charge is -2.06. The van der Waals surface area contributed by atoms with Gasteiger partial charge in [-0.1, -0.05) is 25.5 Å². The molecule has 0 radical (unpaired) electrons. The molecule has 106 valence electrons. The molecule has 0 unspecified atom stereocenters. The summed E-state index contributed by atoms with van der Waals surface area (Å²) in [4.78, 5) is 10.7. The summed E-state index contributed by atoms with van der Waals surface area (Å²) >= 11 is 0. The van der Waals surface area contributed by atoms with Gasteiger partial charge in [-0.15, -0.1) is 0 Å². The molecule has 20 heavy (non-hydrogen) atoms. The summed E-state index contributed by atoms with van der Waals surface area (Å²) in [5.74, 6) is -0.467. The van der Waals surface area contributed by atoms with Crippen molar-refractivity contribution >= 4 is 11.7 Å². The number of unbranched alkanes of at least 4 members (excludes halogenated alkanes) is 1. The lowest BCUT2D eigenvalue weighted by Crippen LogP contribution is -1.98. The van der Waals surface area contributed by atoms with Crippen LogP contribution in [0.1, 0.15) is 41.6 Å². The summed E-state index contributed by atoms with van der Waals surface area (Å²) < 4.78 is 5.18. The number of furan rings is 1. The van der Waals surface area contributed by atoms with Crippen LogP contribution in [-0.4, -0.2) is 11.1 Å². The van der Waals surface area contributed by atoms with Gasteiger partial charge in [0.15, 0.2) is 0 Å². The number of nitrogens with one attached hydrogen (secondary N) is 1. The van der Waals surface area contributed by atoms with Crippen molar-refractivity contribution in [3.8, 4) is 0 Å². The molecule has 0 spiro atoms. The van der Waals surface area contributed by atoms with Crippen LogP contribution in [0.15, 0.2) is 40.8 Å². The molecule has 0 saturated heterocycles. The predicted octanol–water partition coefficient (Wildman–Crippen LogP) is 3.93. The number of hydrogen-bond donors (Lipinski definition) is 2. The Hall–Kier alpha value is -2.23. The third-order valence-corrected chi connectivity index (χ3v) is 3.11. The first-order valence-corrected chi connectivity index (χ1v) is 6.84. The van der Waals surface area contributed by atoms with Gasteiger partial charge >= 0.3 is 5.97 Å². The Kier molecular flexibility index (Phi) is 4.82. The van der Waals surface area contributed by atoms with Gasteiger partial charge in [-0.05, 0) is 42.7 Å². The minimum Gasteiger partial charge on any atom is -0.475 e. The Labute approximate surface area is 118 Å². The lowest BCUT2D eigenvalue weighted by atomic mass is 10.1. The van der Waals surface area contributed by atoms with Gasteiger partial charge in [0.05, 0.1) is 6.54 Å². The summed E-state index contributed by atoms with van der Waals surface area (Å²) in [6.07, 6.45) is 3.51. The monoisotopic (exact) mass is 273 g/mol. The van der Waals surface area contributed by atoms with Crippen LogP contribution < -0.4 is 5.32 Å². The number of carbonyl (C=O) groups is 1. The van der Waals surface area contributed by atoms with Crippen molar-refractivity contribution in [1.29, 1.82) is 0 Å². The number of hydrogen-bond acceptors (Lipinski definition) is 3. The Morgan fingerprint density at radius 2 is 1.95 bits per heavy atom. The highest BCUT2D eigenvalue weighted by atomic mass is 16.4. The van der Waals surface area contributed by atoms with Crippen LogP contribution in [0.4, 0.5) is 5.69 Å². The topological polar surface area (TPSA) is 62.5 Å². The van der Waals surface area contributed by atoms with Crippen molar-refractivity contribution in [3.05, 3.63) is 53.5 Å². The molecule has 4 heteroatoms. The molecule has 0 atom stereocenters. The average molecular weight is 273 g/mol. The predicted molar refractivity (Wildman–Crippen MR) is 78.0 cm³/mol. The maximum absolute atomic E-state index is 10.7. The first kappa shape index (κ1) is 14.2. The van der Waals surface area contributed by atoms with Gasteiger partial charge < -0.3 is 14.8 Å². The van der Waals surface area contributed by atoms with Gasteiger partial charge in [-0.2, -0.15) is 0 Å². The van der Waals surface area contributed by atoms with Gasteiger partial charge in [-0.3, -0.25) is 0 Å². The van der Waals surface area contributed by atoms with E-state index in [-0.39, 0.29) is 5.76 Å². The van der Waals surface area contributed by atoms with Crippen LogP contribution in [0.25, 0.3) is 0 Å². The van der Waals surface area contributed by atoms with Crippen molar-refractivity contribution in [1.82, 2.24) is 0 Å². The smallest absolute Gasteiger partial charge is 0.371 e. The van der Waals surface area contributed by atoms with Crippen molar-refractivity contribution in [2.45, 2.75) is 32.7 Å². The molecule has 0 fully saturated rings. The Balaban J connectivity index is 1.88. The van der Waals surface area contributed by atoms with E-state index in [9.17, 15) is 4.79 Å². The van der Waals surface area contributed by atoms with Crippen LogP contribution in [0.5, 0.6) is 0 Å². The van der Waals surface area contributed by atoms with Gasteiger partial charge in [0, 0.05) is 5.69 Å². The molecule has 2 rings (SSSR count). The Morgan fingerprint density at radius 3 is 2.55 bits per heavy atom. The Morgan fingerprint density at radius 1 is 1.20 bits per heavy atom. The third kappa shape index (κ3) is 3.88. The van der Waals surface area contributed by atoms with Gasteiger partial charge in [0.25, 0.3) is 0 Å². The fourth-order valence-corrected chi connectivity index (χ4v) is 1.95. The molecule has 1 aromatic heterocycles. The number of anilines is 1. The summed E-state index contributed by atoms with van der Waals surface area (Å²) in [5, 5.41) is 12.0. The van der Waals surface area contributed by atoms with E-state index in [1.807, 2.05) is 12.1 Å². The fraction of sp³-hybridized carbons (Fsp3) is 0.312. The average Bonchev–Trinajstić information content (AvgIpc) is 2.93. The molecule has 4 nitrogen and oxygen atoms in total. The second-order valence-electron chi connectivity index (χ2n) is 4.73. The van der Waals surface area contributed by atoms with Gasteiger partial charge in [0.2, 0.25) is 5.76 Å². The highest BCUT2D eigenvalue weighted by Crippen LogP contribution is 2.14. The number of carboxylic acids is 1. The molecule has 0 amide bonds. The van der Waals surface area contributed by atoms with Gasteiger partial charge in [0.1, 0.15) is 5.76 Å². The second kappa shape index (κ2) is 6.80. The van der Waals surface area contributed by atoms with Crippen molar-refractivity contribution in [3.63, 3.8) is 0 Å². The molecule has 0 bridgehead atoms. The van der Waals surface area contributed by atoms with Crippen molar-refractivity contribution in [2.24, 2.45) is 0 Å². The molecule has 0 aliphatic heterocycles. The van der Waals surface area contributed by atoms with E-state index >= 15 is 0 Å². The largest absolute Gasteiger partial charge is 0.475 e. The normalized spacial score (nSPS) is 10.4. The first-order chi connectivity index (χ1) is 9.69. The van der Waals surface area contributed by atoms with Crippen LogP contribution in [0.3, 0.4) is 0 Å². The lowest BCUT2D eigenvalue weighted by molar-refractivity contribution is 0.0660. The molecular formula is C16H19NO3. The van der Waals surface area contributed by atoms with Crippen LogP contribution in [0, 0.1) is 0 Å². The number of aromatic carboxylic acids is 1. The molecule has 0 saturated carbocycles. The van der Waals surface area contributed by atoms with E-state index in [1.165, 1.54) is 24.5 Å². The zero-order valence-corrected chi connectivity index (χ0v) is 11.6. The van der Waals surface area contributed by atoms with Crippen LogP contribution in [0.2, 0.25) is 0 Å². The van der Waals surface area contributed by atoms with Gasteiger partial charge in [-0.25, -0.2) is 4.79 Å². The van der Waals surface area contributed by atoms with E-state index in [2.05, 4.69) is 24.4 Å². The highest BCUT2D eigenvalue weighted by Gasteiger charge is 2.08. The van der Waals surface area contributed by atoms with E-state index in [0.29, 0.717) is 12.3 Å². The maximum Gasteiger partial charge on any atom is 0.371 e. The zero-order valence-electron chi connectivity index (χ0n) is 11.6. The number of carboxylic acid groups (broad SMARTS) is 1. The third-order valence-electron chi connectivity index (χ3n) is 3.11. The molecular weight excluding hydrogens is 254 g/mol. The van der Waals surface area contributed by atoms with Crippen molar-refractivity contribution < 1.29 is 14.3 Å². The van der Waals surface area contributed by atoms with E-state index in [0.717, 1.165) is 12.1 Å². The molecule has 0 aliphatic rings. The summed E-state index contributed by atoms with van der Waals surface area (Å²) in [7, 11) is 0. The molecule has 2 aromatic rings. The minimum absolute atomic E-state index is 0.0308. The minimum atomic E-state index is -1.04. The standard InChI is InChI=1S/C16H19NO3/c1-2-3-4-12-5-7-13(8-6-12)17-11-14-9-10-15(20-14)16(18)19/h5-10,17H,2-4,11H2,1H3,(H,18,19). The number of aryl methyl sites for hydroxylation is 1. The number of rotatable bonds is 7. The Bertz CT molecular complexity index is 557.